The van der Waals surface area contributed by atoms with Crippen molar-refractivity contribution in [2.75, 3.05) is 0 Å². The Balaban J connectivity index is 2.09. The molecule has 0 saturated heterocycles. The molecule has 0 aliphatic heterocycles. The zero-order valence-electron chi connectivity index (χ0n) is 22.1. The Hall–Kier alpha value is -2.78. The zero-order chi connectivity index (χ0) is 25.0. The van der Waals surface area contributed by atoms with Crippen molar-refractivity contribution in [1.29, 1.82) is 0 Å². The summed E-state index contributed by atoms with van der Waals surface area (Å²) in [5.74, 6) is 2.23. The normalized spacial score (nSPS) is 12.6. The lowest BCUT2D eigenvalue weighted by molar-refractivity contribution is 0.427. The fourth-order valence-corrected chi connectivity index (χ4v) is 10.6. The van der Waals surface area contributed by atoms with Gasteiger partial charge in [0, 0.05) is 11.6 Å². The first-order valence-electron chi connectivity index (χ1n) is 12.4. The Bertz CT molecular complexity index is 1140. The number of hydrogen-bond donors (Lipinski definition) is 0. The minimum absolute atomic E-state index is 0.463. The second-order valence-corrected chi connectivity index (χ2v) is 15.8. The Morgan fingerprint density at radius 3 is 1.88 bits per heavy atom. The van der Waals surface area contributed by atoms with Crippen LogP contribution < -0.4 is 4.74 Å². The van der Waals surface area contributed by atoms with Crippen molar-refractivity contribution in [3.63, 3.8) is 0 Å². The van der Waals surface area contributed by atoms with Gasteiger partial charge in [0.05, 0.1) is 0 Å². The van der Waals surface area contributed by atoms with Gasteiger partial charge < -0.3 is 9.16 Å². The van der Waals surface area contributed by atoms with Gasteiger partial charge in [-0.3, -0.25) is 0 Å². The Morgan fingerprint density at radius 2 is 1.32 bits per heavy atom. The van der Waals surface area contributed by atoms with E-state index in [4.69, 9.17) is 9.16 Å². The number of hydrogen-bond acceptors (Lipinski definition) is 2. The van der Waals surface area contributed by atoms with Crippen molar-refractivity contribution in [3.05, 3.63) is 95.8 Å². The van der Waals surface area contributed by atoms with E-state index in [0.717, 1.165) is 17.1 Å². The van der Waals surface area contributed by atoms with Crippen LogP contribution in [0, 0.1) is 13.8 Å². The van der Waals surface area contributed by atoms with Crippen LogP contribution >= 0.6 is 0 Å². The first-order valence-corrected chi connectivity index (χ1v) is 14.5. The van der Waals surface area contributed by atoms with Gasteiger partial charge in [0.25, 0.3) is 8.32 Å². The minimum Gasteiger partial charge on any atom is -0.542 e. The molecule has 0 heterocycles. The summed E-state index contributed by atoms with van der Waals surface area (Å²) in [6.45, 7) is 22.3. The monoisotopic (exact) mass is 472 g/mol. The van der Waals surface area contributed by atoms with Gasteiger partial charge in [-0.25, -0.2) is 0 Å². The largest absolute Gasteiger partial charge is 0.542 e. The molecule has 0 aliphatic rings. The van der Waals surface area contributed by atoms with Crippen LogP contribution in [0.3, 0.4) is 0 Å². The van der Waals surface area contributed by atoms with Crippen molar-refractivity contribution in [3.8, 4) is 5.75 Å². The zero-order valence-corrected chi connectivity index (χ0v) is 23.1. The Morgan fingerprint density at radius 1 is 0.765 bits per heavy atom. The van der Waals surface area contributed by atoms with Crippen LogP contribution in [-0.4, -0.2) is 8.32 Å². The van der Waals surface area contributed by atoms with Crippen LogP contribution in [-0.2, 0) is 4.43 Å². The molecule has 2 nitrogen and oxygen atoms in total. The molecule has 0 atom stereocenters. The summed E-state index contributed by atoms with van der Waals surface area (Å²) in [6.07, 6.45) is 1.98. The smallest absolute Gasteiger partial charge is 0.258 e. The van der Waals surface area contributed by atoms with Crippen LogP contribution in [0.1, 0.15) is 58.2 Å². The molecule has 0 aromatic heterocycles. The molecule has 0 aliphatic carbocycles. The maximum Gasteiger partial charge on any atom is 0.258 e. The van der Waals surface area contributed by atoms with Crippen molar-refractivity contribution < 1.29 is 9.16 Å². The summed E-state index contributed by atoms with van der Waals surface area (Å²) in [6, 6.07) is 21.2. The standard InChI is InChI=1S/C31H40O2Si/c1-21(2)34(22(3)4,23(5)6)33-31(29-15-14-27-12-10-11-13-28(27)20-29)19-26(9)32-30-17-24(7)16-25(8)18-30/h10-23H,9H2,1-8H3/b31-19+. The van der Waals surface area contributed by atoms with Crippen LogP contribution in [0.15, 0.2) is 79.1 Å². The topological polar surface area (TPSA) is 18.5 Å². The summed E-state index contributed by atoms with van der Waals surface area (Å²) in [7, 11) is -2.18. The number of rotatable bonds is 9. The van der Waals surface area contributed by atoms with Crippen molar-refractivity contribution in [1.82, 2.24) is 0 Å². The third-order valence-corrected chi connectivity index (χ3v) is 12.8. The Kier molecular flexibility index (Phi) is 8.09. The first-order chi connectivity index (χ1) is 16.0. The second kappa shape index (κ2) is 10.6. The van der Waals surface area contributed by atoms with Crippen LogP contribution in [0.5, 0.6) is 5.75 Å². The number of allylic oxidation sites excluding steroid dienone is 1. The molecule has 0 unspecified atom stereocenters. The molecule has 3 heteroatoms. The average molecular weight is 473 g/mol. The van der Waals surface area contributed by atoms with E-state index in [1.165, 1.54) is 21.9 Å². The fourth-order valence-electron chi connectivity index (χ4n) is 5.38. The molecule has 0 saturated carbocycles. The Labute approximate surface area is 207 Å². The second-order valence-electron chi connectivity index (χ2n) is 10.4. The van der Waals surface area contributed by atoms with Gasteiger partial charge in [0.15, 0.2) is 0 Å². The number of ether oxygens (including phenoxy) is 1. The third kappa shape index (κ3) is 5.64. The highest BCUT2D eigenvalue weighted by Gasteiger charge is 2.47. The molecule has 34 heavy (non-hydrogen) atoms. The van der Waals surface area contributed by atoms with Crippen LogP contribution in [0.25, 0.3) is 16.5 Å². The number of benzene rings is 3. The lowest BCUT2D eigenvalue weighted by Gasteiger charge is -2.43. The molecule has 0 bridgehead atoms. The quantitative estimate of drug-likeness (QED) is 0.175. The van der Waals surface area contributed by atoms with E-state index in [-0.39, 0.29) is 0 Å². The molecule has 3 aromatic carbocycles. The molecule has 180 valence electrons. The van der Waals surface area contributed by atoms with E-state index in [2.05, 4.69) is 110 Å². The van der Waals surface area contributed by atoms with Gasteiger partial charge >= 0.3 is 0 Å². The van der Waals surface area contributed by atoms with E-state index in [9.17, 15) is 0 Å². The molecule has 0 amide bonds. The molecular formula is C31H40O2Si. The van der Waals surface area contributed by atoms with Gasteiger partial charge in [-0.2, -0.15) is 0 Å². The molecule has 0 fully saturated rings. The van der Waals surface area contributed by atoms with Crippen molar-refractivity contribution in [2.45, 2.75) is 72.0 Å². The third-order valence-electron chi connectivity index (χ3n) is 6.76. The number of fused-ring (bicyclic) bond motifs is 1. The minimum atomic E-state index is -2.18. The maximum atomic E-state index is 7.17. The first kappa shape index (κ1) is 25.8. The predicted octanol–water partition coefficient (Wildman–Crippen LogP) is 9.58. The van der Waals surface area contributed by atoms with Gasteiger partial charge in [0.1, 0.15) is 17.3 Å². The summed E-state index contributed by atoms with van der Waals surface area (Å²) in [5, 5.41) is 2.41. The van der Waals surface area contributed by atoms with Gasteiger partial charge in [-0.15, -0.1) is 0 Å². The lowest BCUT2D eigenvalue weighted by atomic mass is 10.1. The predicted molar refractivity (Wildman–Crippen MR) is 150 cm³/mol. The summed E-state index contributed by atoms with van der Waals surface area (Å²) in [5.41, 5.74) is 4.79. The summed E-state index contributed by atoms with van der Waals surface area (Å²) < 4.78 is 13.3. The van der Waals surface area contributed by atoms with Crippen molar-refractivity contribution >= 4 is 24.8 Å². The van der Waals surface area contributed by atoms with E-state index >= 15 is 0 Å². The molecular weight excluding hydrogens is 432 g/mol. The summed E-state index contributed by atoms with van der Waals surface area (Å²) in [4.78, 5) is 0. The van der Waals surface area contributed by atoms with E-state index in [1.807, 2.05) is 18.2 Å². The average Bonchev–Trinajstić information content (AvgIpc) is 2.74. The van der Waals surface area contributed by atoms with Crippen LogP contribution in [0.4, 0.5) is 0 Å². The SMILES string of the molecule is C=C(/C=C(/O[Si](C(C)C)(C(C)C)C(C)C)c1ccc2ccccc2c1)Oc1cc(C)cc(C)c1. The van der Waals surface area contributed by atoms with Gasteiger partial charge in [0.2, 0.25) is 0 Å². The highest BCUT2D eigenvalue weighted by Crippen LogP contribution is 2.45. The molecule has 0 N–H and O–H groups in total. The van der Waals surface area contributed by atoms with Crippen molar-refractivity contribution in [2.24, 2.45) is 0 Å². The lowest BCUT2D eigenvalue weighted by Crippen LogP contribution is -2.47. The molecule has 3 rings (SSSR count). The fraction of sp³-hybridized carbons (Fsp3) is 0.355. The maximum absolute atomic E-state index is 7.17. The highest BCUT2D eigenvalue weighted by atomic mass is 28.4. The summed E-state index contributed by atoms with van der Waals surface area (Å²) >= 11 is 0. The molecule has 3 aromatic rings. The van der Waals surface area contributed by atoms with Crippen LogP contribution in [0.2, 0.25) is 16.6 Å². The van der Waals surface area contributed by atoms with Gasteiger partial charge in [-0.05, 0) is 70.6 Å². The number of aryl methyl sites for hydroxylation is 2. The van der Waals surface area contributed by atoms with E-state index < -0.39 is 8.32 Å². The van der Waals surface area contributed by atoms with Gasteiger partial charge in [-0.1, -0.05) is 90.6 Å². The molecule has 0 radical (unpaired) electrons. The van der Waals surface area contributed by atoms with E-state index in [0.29, 0.717) is 22.4 Å². The molecule has 0 spiro atoms. The highest BCUT2D eigenvalue weighted by molar-refractivity contribution is 6.78. The van der Waals surface area contributed by atoms with E-state index in [1.54, 1.807) is 0 Å².